The Morgan fingerprint density at radius 3 is 3.12 bits per heavy atom. The second kappa shape index (κ2) is 7.60. The normalized spacial score (nSPS) is 21.1. The van der Waals surface area contributed by atoms with Gasteiger partial charge in [-0.15, -0.1) is 0 Å². The molecule has 5 heteroatoms. The van der Waals surface area contributed by atoms with Crippen LogP contribution in [0.5, 0.6) is 0 Å². The molecule has 1 unspecified atom stereocenters. The molecule has 1 heterocycles. The maximum absolute atomic E-state index is 11.9. The van der Waals surface area contributed by atoms with Crippen LogP contribution in [0.25, 0.3) is 0 Å². The number of hydrogen-bond donors (Lipinski definition) is 1. The molecular formula is C11H22N2O3. The minimum Gasteiger partial charge on any atom is -0.383 e. The van der Waals surface area contributed by atoms with Crippen molar-refractivity contribution in [2.45, 2.75) is 19.4 Å². The Balaban J connectivity index is 2.27. The van der Waals surface area contributed by atoms with Gasteiger partial charge in [-0.25, -0.2) is 0 Å². The lowest BCUT2D eigenvalue weighted by Crippen LogP contribution is -2.51. The maximum atomic E-state index is 11.9. The summed E-state index contributed by atoms with van der Waals surface area (Å²) in [6, 6.07) is 0.241. The number of nitrogens with zero attached hydrogens (tertiary/aromatic N) is 1. The van der Waals surface area contributed by atoms with E-state index in [0.29, 0.717) is 39.5 Å². The van der Waals surface area contributed by atoms with Crippen molar-refractivity contribution in [3.05, 3.63) is 0 Å². The van der Waals surface area contributed by atoms with Gasteiger partial charge in [0.2, 0.25) is 5.91 Å². The molecular weight excluding hydrogens is 208 g/mol. The lowest BCUT2D eigenvalue weighted by atomic mass is 10.2. The third kappa shape index (κ3) is 4.08. The summed E-state index contributed by atoms with van der Waals surface area (Å²) in [6.45, 7) is 5.85. The summed E-state index contributed by atoms with van der Waals surface area (Å²) in [5.41, 5.74) is 0. The highest BCUT2D eigenvalue weighted by Gasteiger charge is 2.25. The van der Waals surface area contributed by atoms with E-state index < -0.39 is 0 Å². The molecule has 1 rings (SSSR count). The summed E-state index contributed by atoms with van der Waals surface area (Å²) in [7, 11) is 1.65. The van der Waals surface area contributed by atoms with E-state index in [1.54, 1.807) is 7.11 Å². The van der Waals surface area contributed by atoms with E-state index >= 15 is 0 Å². The van der Waals surface area contributed by atoms with Gasteiger partial charge in [-0.1, -0.05) is 6.92 Å². The molecule has 0 spiro atoms. The number of rotatable bonds is 6. The quantitative estimate of drug-likeness (QED) is 0.645. The molecule has 0 aliphatic carbocycles. The standard InChI is InChI=1S/C11H22N2O3/c1-3-10-9-16-7-5-13(10)11(14)8-12-4-6-15-2/h10,12H,3-9H2,1-2H3. The van der Waals surface area contributed by atoms with E-state index in [0.717, 1.165) is 6.42 Å². The molecule has 16 heavy (non-hydrogen) atoms. The average Bonchev–Trinajstić information content (AvgIpc) is 2.34. The zero-order valence-electron chi connectivity index (χ0n) is 10.2. The Kier molecular flexibility index (Phi) is 6.37. The summed E-state index contributed by atoms with van der Waals surface area (Å²) in [6.07, 6.45) is 0.948. The lowest BCUT2D eigenvalue weighted by molar-refractivity contribution is -0.139. The first kappa shape index (κ1) is 13.4. The van der Waals surface area contributed by atoms with Crippen LogP contribution < -0.4 is 5.32 Å². The fourth-order valence-electron chi connectivity index (χ4n) is 1.79. The molecule has 5 nitrogen and oxygen atoms in total. The van der Waals surface area contributed by atoms with Crippen LogP contribution >= 0.6 is 0 Å². The first-order valence-corrected chi connectivity index (χ1v) is 5.86. The van der Waals surface area contributed by atoms with Crippen LogP contribution in [-0.4, -0.2) is 63.4 Å². The van der Waals surface area contributed by atoms with Gasteiger partial charge in [-0.2, -0.15) is 0 Å². The largest absolute Gasteiger partial charge is 0.383 e. The van der Waals surface area contributed by atoms with Crippen LogP contribution in [0.2, 0.25) is 0 Å². The van der Waals surface area contributed by atoms with E-state index in [9.17, 15) is 4.79 Å². The van der Waals surface area contributed by atoms with Gasteiger partial charge in [0.15, 0.2) is 0 Å². The van der Waals surface area contributed by atoms with E-state index in [4.69, 9.17) is 9.47 Å². The maximum Gasteiger partial charge on any atom is 0.236 e. The van der Waals surface area contributed by atoms with Crippen molar-refractivity contribution in [2.75, 3.05) is 46.6 Å². The molecule has 0 bridgehead atoms. The van der Waals surface area contributed by atoms with Crippen LogP contribution in [0.1, 0.15) is 13.3 Å². The van der Waals surface area contributed by atoms with Gasteiger partial charge in [0.05, 0.1) is 32.4 Å². The molecule has 1 fully saturated rings. The monoisotopic (exact) mass is 230 g/mol. The SMILES string of the molecule is CCC1COCCN1C(=O)CNCCOC. The highest BCUT2D eigenvalue weighted by atomic mass is 16.5. The van der Waals surface area contributed by atoms with Crippen LogP contribution in [0.15, 0.2) is 0 Å². The van der Waals surface area contributed by atoms with Gasteiger partial charge in [-0.3, -0.25) is 4.79 Å². The van der Waals surface area contributed by atoms with Crippen molar-refractivity contribution < 1.29 is 14.3 Å². The molecule has 0 radical (unpaired) electrons. The Hall–Kier alpha value is -0.650. The Morgan fingerprint density at radius 2 is 2.44 bits per heavy atom. The molecule has 1 saturated heterocycles. The molecule has 0 aromatic heterocycles. The second-order valence-corrected chi connectivity index (χ2v) is 3.89. The van der Waals surface area contributed by atoms with Crippen molar-refractivity contribution in [1.82, 2.24) is 10.2 Å². The number of ether oxygens (including phenoxy) is 2. The minimum absolute atomic E-state index is 0.159. The fourth-order valence-corrected chi connectivity index (χ4v) is 1.79. The molecule has 0 aromatic rings. The van der Waals surface area contributed by atoms with Crippen LogP contribution in [0.3, 0.4) is 0 Å². The predicted octanol–water partition coefficient (Wildman–Crippen LogP) is -0.140. The average molecular weight is 230 g/mol. The van der Waals surface area contributed by atoms with Gasteiger partial charge >= 0.3 is 0 Å². The molecule has 1 aliphatic rings. The molecule has 1 amide bonds. The Bertz CT molecular complexity index is 211. The van der Waals surface area contributed by atoms with E-state index in [2.05, 4.69) is 12.2 Å². The zero-order valence-corrected chi connectivity index (χ0v) is 10.2. The van der Waals surface area contributed by atoms with Gasteiger partial charge in [0, 0.05) is 20.2 Å². The third-order valence-corrected chi connectivity index (χ3v) is 2.78. The van der Waals surface area contributed by atoms with E-state index in [1.807, 2.05) is 4.90 Å². The highest BCUT2D eigenvalue weighted by Crippen LogP contribution is 2.09. The Morgan fingerprint density at radius 1 is 1.62 bits per heavy atom. The van der Waals surface area contributed by atoms with Gasteiger partial charge < -0.3 is 19.7 Å². The Labute approximate surface area is 97.1 Å². The number of amides is 1. The first-order chi connectivity index (χ1) is 7.79. The van der Waals surface area contributed by atoms with Gasteiger partial charge in [0.25, 0.3) is 0 Å². The minimum atomic E-state index is 0.159. The number of carbonyl (C=O) groups excluding carboxylic acids is 1. The smallest absolute Gasteiger partial charge is 0.236 e. The van der Waals surface area contributed by atoms with Crippen molar-refractivity contribution >= 4 is 5.91 Å². The van der Waals surface area contributed by atoms with Gasteiger partial charge in [-0.05, 0) is 6.42 Å². The number of methoxy groups -OCH3 is 1. The van der Waals surface area contributed by atoms with Crippen molar-refractivity contribution in [2.24, 2.45) is 0 Å². The zero-order chi connectivity index (χ0) is 11.8. The molecule has 1 N–H and O–H groups in total. The molecule has 94 valence electrons. The number of hydrogen-bond acceptors (Lipinski definition) is 4. The summed E-state index contributed by atoms with van der Waals surface area (Å²) in [5, 5.41) is 3.07. The van der Waals surface area contributed by atoms with Crippen molar-refractivity contribution in [3.63, 3.8) is 0 Å². The fraction of sp³-hybridized carbons (Fsp3) is 0.909. The van der Waals surface area contributed by atoms with Crippen LogP contribution in [-0.2, 0) is 14.3 Å². The highest BCUT2D eigenvalue weighted by molar-refractivity contribution is 5.78. The first-order valence-electron chi connectivity index (χ1n) is 5.86. The van der Waals surface area contributed by atoms with Crippen molar-refractivity contribution in [3.8, 4) is 0 Å². The second-order valence-electron chi connectivity index (χ2n) is 3.89. The van der Waals surface area contributed by atoms with E-state index in [-0.39, 0.29) is 11.9 Å². The topological polar surface area (TPSA) is 50.8 Å². The molecule has 0 aromatic carbocycles. The molecule has 1 atom stereocenters. The summed E-state index contributed by atoms with van der Waals surface area (Å²) >= 11 is 0. The summed E-state index contributed by atoms with van der Waals surface area (Å²) in [5.74, 6) is 0.159. The summed E-state index contributed by atoms with van der Waals surface area (Å²) in [4.78, 5) is 13.8. The third-order valence-electron chi connectivity index (χ3n) is 2.78. The predicted molar refractivity (Wildman–Crippen MR) is 61.4 cm³/mol. The van der Waals surface area contributed by atoms with Crippen LogP contribution in [0, 0.1) is 0 Å². The number of carbonyl (C=O) groups is 1. The number of morpholine rings is 1. The van der Waals surface area contributed by atoms with Gasteiger partial charge in [0.1, 0.15) is 0 Å². The van der Waals surface area contributed by atoms with E-state index in [1.165, 1.54) is 0 Å². The van der Waals surface area contributed by atoms with Crippen LogP contribution in [0.4, 0.5) is 0 Å². The van der Waals surface area contributed by atoms with Crippen molar-refractivity contribution in [1.29, 1.82) is 0 Å². The lowest BCUT2D eigenvalue weighted by Gasteiger charge is -2.35. The summed E-state index contributed by atoms with van der Waals surface area (Å²) < 4.78 is 10.3. The molecule has 0 saturated carbocycles. The number of nitrogens with one attached hydrogen (secondary N) is 1. The molecule has 1 aliphatic heterocycles.